The Kier molecular flexibility index (Phi) is 10.6. The molecule has 0 aliphatic rings. The minimum Gasteiger partial charge on any atom is -0.493 e. The Bertz CT molecular complexity index is 1280. The molecule has 3 aromatic rings. The number of benzene rings is 2. The maximum Gasteiger partial charge on any atom is 0.256 e. The van der Waals surface area contributed by atoms with Crippen LogP contribution in [0.25, 0.3) is 0 Å². The highest BCUT2D eigenvalue weighted by molar-refractivity contribution is 6.05. The summed E-state index contributed by atoms with van der Waals surface area (Å²) in [5.41, 5.74) is 2.61. The summed E-state index contributed by atoms with van der Waals surface area (Å²) in [5.74, 6) is 1.52. The van der Waals surface area contributed by atoms with Gasteiger partial charge in [0.1, 0.15) is 0 Å². The van der Waals surface area contributed by atoms with Crippen molar-refractivity contribution in [1.29, 1.82) is 0 Å². The predicted molar refractivity (Wildman–Crippen MR) is 158 cm³/mol. The van der Waals surface area contributed by atoms with Crippen LogP contribution in [0.1, 0.15) is 87.2 Å². The van der Waals surface area contributed by atoms with Crippen LogP contribution in [0.15, 0.2) is 42.6 Å². The van der Waals surface area contributed by atoms with Gasteiger partial charge in [-0.1, -0.05) is 59.1 Å². The van der Waals surface area contributed by atoms with Crippen LogP contribution in [-0.4, -0.2) is 43.3 Å². The second-order valence-corrected chi connectivity index (χ2v) is 10.8. The average Bonchev–Trinajstić information content (AvgIpc) is 3.44. The van der Waals surface area contributed by atoms with Crippen molar-refractivity contribution in [2.45, 2.75) is 71.1 Å². The number of hydrogen-bond donors (Lipinski definition) is 3. The number of carbonyl (C=O) groups excluding carboxylic acids is 2. The van der Waals surface area contributed by atoms with Gasteiger partial charge in [-0.25, -0.2) is 0 Å². The maximum atomic E-state index is 13.6. The van der Waals surface area contributed by atoms with Crippen molar-refractivity contribution in [3.8, 4) is 17.2 Å². The minimum absolute atomic E-state index is 0.106. The number of nitrogens with one attached hydrogen (secondary N) is 3. The van der Waals surface area contributed by atoms with Crippen molar-refractivity contribution in [2.75, 3.05) is 32.0 Å². The van der Waals surface area contributed by atoms with Gasteiger partial charge in [0.05, 0.1) is 21.3 Å². The van der Waals surface area contributed by atoms with Crippen molar-refractivity contribution < 1.29 is 23.8 Å². The van der Waals surface area contributed by atoms with Crippen molar-refractivity contribution in [3.63, 3.8) is 0 Å². The third kappa shape index (κ3) is 7.55. The highest BCUT2D eigenvalue weighted by Crippen LogP contribution is 2.44. The summed E-state index contributed by atoms with van der Waals surface area (Å²) in [7, 11) is 4.75. The SMILES string of the molecule is CCCCCC(CC(=O)Nc1cc(C(=O)Nc2cc[nH]n2)ccc1C(C)(C)C)c1ccc(OC)c(OC)c1OC. The zero-order valence-corrected chi connectivity index (χ0v) is 24.6. The summed E-state index contributed by atoms with van der Waals surface area (Å²) < 4.78 is 16.8. The van der Waals surface area contributed by atoms with Crippen molar-refractivity contribution >= 4 is 23.3 Å². The highest BCUT2D eigenvalue weighted by atomic mass is 16.5. The molecule has 9 heteroatoms. The number of hydrogen-bond acceptors (Lipinski definition) is 6. The van der Waals surface area contributed by atoms with Gasteiger partial charge in [0.2, 0.25) is 11.7 Å². The van der Waals surface area contributed by atoms with Crippen LogP contribution >= 0.6 is 0 Å². The molecule has 216 valence electrons. The van der Waals surface area contributed by atoms with Crippen molar-refractivity contribution in [3.05, 3.63) is 59.3 Å². The van der Waals surface area contributed by atoms with Gasteiger partial charge in [-0.05, 0) is 41.5 Å². The maximum absolute atomic E-state index is 13.6. The molecule has 1 aromatic heterocycles. The summed E-state index contributed by atoms with van der Waals surface area (Å²) in [5, 5.41) is 12.5. The van der Waals surface area contributed by atoms with Gasteiger partial charge >= 0.3 is 0 Å². The molecule has 2 aromatic carbocycles. The fraction of sp³-hybridized carbons (Fsp3) is 0.452. The van der Waals surface area contributed by atoms with E-state index in [9.17, 15) is 9.59 Å². The Labute approximate surface area is 237 Å². The first-order valence-electron chi connectivity index (χ1n) is 13.7. The van der Waals surface area contributed by atoms with Crippen molar-refractivity contribution in [2.24, 2.45) is 0 Å². The molecule has 0 radical (unpaired) electrons. The van der Waals surface area contributed by atoms with Crippen LogP contribution in [0.3, 0.4) is 0 Å². The van der Waals surface area contributed by atoms with E-state index in [1.165, 1.54) is 0 Å². The first kappa shape index (κ1) is 30.5. The molecule has 0 aliphatic heterocycles. The number of amides is 2. The van der Waals surface area contributed by atoms with Gasteiger partial charge in [-0.3, -0.25) is 14.7 Å². The molecule has 0 saturated heterocycles. The van der Waals surface area contributed by atoms with Crippen LogP contribution in [0.2, 0.25) is 0 Å². The third-order valence-electron chi connectivity index (χ3n) is 6.87. The Morgan fingerprint density at radius 2 is 1.70 bits per heavy atom. The fourth-order valence-corrected chi connectivity index (χ4v) is 4.84. The molecule has 0 aliphatic carbocycles. The van der Waals surface area contributed by atoms with Crippen LogP contribution in [0.5, 0.6) is 17.2 Å². The number of unbranched alkanes of at least 4 members (excludes halogenated alkanes) is 2. The molecule has 2 amide bonds. The van der Waals surface area contributed by atoms with Gasteiger partial charge in [0.15, 0.2) is 17.3 Å². The predicted octanol–water partition coefficient (Wildman–Crippen LogP) is 6.68. The normalized spacial score (nSPS) is 12.0. The number of methoxy groups -OCH3 is 3. The van der Waals surface area contributed by atoms with Gasteiger partial charge < -0.3 is 24.8 Å². The molecule has 40 heavy (non-hydrogen) atoms. The van der Waals surface area contributed by atoms with Crippen LogP contribution in [-0.2, 0) is 10.2 Å². The highest BCUT2D eigenvalue weighted by Gasteiger charge is 2.26. The van der Waals surface area contributed by atoms with E-state index in [0.717, 1.165) is 36.8 Å². The second kappa shape index (κ2) is 13.9. The van der Waals surface area contributed by atoms with E-state index in [1.54, 1.807) is 45.7 Å². The zero-order valence-electron chi connectivity index (χ0n) is 24.6. The number of nitrogens with zero attached hydrogens (tertiary/aromatic N) is 1. The Hall–Kier alpha value is -4.01. The van der Waals surface area contributed by atoms with Gasteiger partial charge in [-0.15, -0.1) is 0 Å². The molecule has 1 unspecified atom stereocenters. The van der Waals surface area contributed by atoms with E-state index in [0.29, 0.717) is 34.3 Å². The first-order valence-corrected chi connectivity index (χ1v) is 13.7. The zero-order chi connectivity index (χ0) is 29.3. The first-order chi connectivity index (χ1) is 19.1. The molecule has 1 heterocycles. The van der Waals surface area contributed by atoms with Gasteiger partial charge in [0.25, 0.3) is 5.91 Å². The summed E-state index contributed by atoms with van der Waals surface area (Å²) >= 11 is 0. The number of carbonyl (C=O) groups is 2. The van der Waals surface area contributed by atoms with Gasteiger partial charge in [0, 0.05) is 35.5 Å². The standard InChI is InChI=1S/C31H42N4O5/c1-8-9-10-11-20(22-13-15-25(38-5)29(40-7)28(22)39-6)19-27(36)33-24-18-21(12-14-23(24)31(2,3)4)30(37)34-26-16-17-32-35-26/h12-18,20H,8-11,19H2,1-7H3,(H,33,36)(H2,32,34,35,37). The molecule has 0 saturated carbocycles. The third-order valence-corrected chi connectivity index (χ3v) is 6.87. The molecule has 0 fully saturated rings. The number of aromatic amines is 1. The van der Waals surface area contributed by atoms with E-state index in [2.05, 4.69) is 48.5 Å². The Morgan fingerprint density at radius 3 is 2.30 bits per heavy atom. The molecular formula is C31H42N4O5. The molecule has 0 bridgehead atoms. The number of anilines is 2. The molecule has 1 atom stereocenters. The number of aromatic nitrogens is 2. The van der Waals surface area contributed by atoms with Crippen LogP contribution < -0.4 is 24.8 Å². The van der Waals surface area contributed by atoms with E-state index in [1.807, 2.05) is 18.2 Å². The quantitative estimate of drug-likeness (QED) is 0.205. The molecule has 9 nitrogen and oxygen atoms in total. The number of H-pyrrole nitrogens is 1. The smallest absolute Gasteiger partial charge is 0.256 e. The summed E-state index contributed by atoms with van der Waals surface area (Å²) in [6.07, 6.45) is 5.80. The lowest BCUT2D eigenvalue weighted by Gasteiger charge is -2.25. The lowest BCUT2D eigenvalue weighted by molar-refractivity contribution is -0.116. The molecule has 3 N–H and O–H groups in total. The number of ether oxygens (including phenoxy) is 3. The van der Waals surface area contributed by atoms with E-state index < -0.39 is 0 Å². The van der Waals surface area contributed by atoms with Crippen LogP contribution in [0, 0.1) is 0 Å². The largest absolute Gasteiger partial charge is 0.493 e. The fourth-order valence-electron chi connectivity index (χ4n) is 4.84. The molecule has 0 spiro atoms. The minimum atomic E-state index is -0.310. The van der Waals surface area contributed by atoms with Gasteiger partial charge in [-0.2, -0.15) is 5.10 Å². The number of rotatable bonds is 13. The molecular weight excluding hydrogens is 508 g/mol. The average molecular weight is 551 g/mol. The lowest BCUT2D eigenvalue weighted by atomic mass is 9.84. The van der Waals surface area contributed by atoms with E-state index in [-0.39, 0.29) is 29.6 Å². The molecule has 3 rings (SSSR count). The van der Waals surface area contributed by atoms with Crippen molar-refractivity contribution in [1.82, 2.24) is 10.2 Å². The van der Waals surface area contributed by atoms with Crippen LogP contribution in [0.4, 0.5) is 11.5 Å². The Morgan fingerprint density at radius 1 is 0.950 bits per heavy atom. The second-order valence-electron chi connectivity index (χ2n) is 10.8. The monoisotopic (exact) mass is 550 g/mol. The van der Waals surface area contributed by atoms with E-state index in [4.69, 9.17) is 14.2 Å². The van der Waals surface area contributed by atoms with E-state index >= 15 is 0 Å². The summed E-state index contributed by atoms with van der Waals surface area (Å²) in [4.78, 5) is 26.5. The summed E-state index contributed by atoms with van der Waals surface area (Å²) in [6, 6.07) is 10.9. The Balaban J connectivity index is 1.92. The lowest BCUT2D eigenvalue weighted by Crippen LogP contribution is -2.22. The topological polar surface area (TPSA) is 115 Å². The summed E-state index contributed by atoms with van der Waals surface area (Å²) in [6.45, 7) is 8.37.